The lowest BCUT2D eigenvalue weighted by molar-refractivity contribution is 0.404. The fourth-order valence-electron chi connectivity index (χ4n) is 3.34. The van der Waals surface area contributed by atoms with Crippen LogP contribution in [0.15, 0.2) is 6.20 Å². The zero-order valence-corrected chi connectivity index (χ0v) is 11.6. The molecule has 2 aliphatic heterocycles. The second-order valence-electron chi connectivity index (χ2n) is 5.67. The zero-order valence-electron chi connectivity index (χ0n) is 10.8. The minimum Gasteiger partial charge on any atom is -0.329 e. The lowest BCUT2D eigenvalue weighted by Crippen LogP contribution is -2.27. The first-order valence-corrected chi connectivity index (χ1v) is 8.65. The van der Waals surface area contributed by atoms with E-state index in [4.69, 9.17) is 0 Å². The highest BCUT2D eigenvalue weighted by atomic mass is 32.2. The number of aromatic nitrogens is 2. The normalized spacial score (nSPS) is 30.9. The molecule has 0 saturated carbocycles. The van der Waals surface area contributed by atoms with Gasteiger partial charge in [-0.15, -0.1) is 0 Å². The van der Waals surface area contributed by atoms with Crippen molar-refractivity contribution < 1.29 is 8.42 Å². The Morgan fingerprint density at radius 3 is 2.94 bits per heavy atom. The molecule has 0 N–H and O–H groups in total. The van der Waals surface area contributed by atoms with E-state index in [2.05, 4.69) is 16.5 Å². The molecule has 18 heavy (non-hydrogen) atoms. The molecule has 4 nitrogen and oxygen atoms in total. The van der Waals surface area contributed by atoms with Crippen LogP contribution in [0.1, 0.15) is 56.1 Å². The molecule has 0 aliphatic carbocycles. The van der Waals surface area contributed by atoms with Crippen LogP contribution in [0.4, 0.5) is 0 Å². The van der Waals surface area contributed by atoms with Crippen molar-refractivity contribution in [3.05, 3.63) is 17.7 Å². The number of nitrogens with zero attached hydrogens (tertiary/aromatic N) is 2. The second kappa shape index (κ2) is 4.37. The fourth-order valence-corrected chi connectivity index (χ4v) is 5.04. The van der Waals surface area contributed by atoms with Crippen LogP contribution < -0.4 is 0 Å². The van der Waals surface area contributed by atoms with Crippen molar-refractivity contribution in [1.82, 2.24) is 9.55 Å². The van der Waals surface area contributed by atoms with Gasteiger partial charge < -0.3 is 4.57 Å². The van der Waals surface area contributed by atoms with Crippen LogP contribution >= 0.6 is 0 Å². The van der Waals surface area contributed by atoms with Gasteiger partial charge in [-0.1, -0.05) is 0 Å². The highest BCUT2D eigenvalue weighted by Gasteiger charge is 2.31. The summed E-state index contributed by atoms with van der Waals surface area (Å²) in [5.74, 6) is 1.77. The maximum atomic E-state index is 11.8. The number of aryl methyl sites for hydroxylation is 1. The zero-order chi connectivity index (χ0) is 12.8. The summed E-state index contributed by atoms with van der Waals surface area (Å²) in [6, 6.07) is 0.468. The van der Waals surface area contributed by atoms with Crippen molar-refractivity contribution in [3.8, 4) is 0 Å². The van der Waals surface area contributed by atoms with Gasteiger partial charge >= 0.3 is 0 Å². The molecule has 1 aromatic rings. The van der Waals surface area contributed by atoms with E-state index in [1.54, 1.807) is 0 Å². The van der Waals surface area contributed by atoms with Gasteiger partial charge in [0.15, 0.2) is 9.84 Å². The molecule has 2 aliphatic rings. The van der Waals surface area contributed by atoms with Gasteiger partial charge in [-0.3, -0.25) is 0 Å². The molecular weight excluding hydrogens is 248 g/mol. The summed E-state index contributed by atoms with van der Waals surface area (Å²) < 4.78 is 25.8. The van der Waals surface area contributed by atoms with Crippen molar-refractivity contribution >= 4 is 9.84 Å². The van der Waals surface area contributed by atoms with Crippen LogP contribution in [0.5, 0.6) is 0 Å². The molecule has 0 aromatic carbocycles. The molecule has 3 rings (SSSR count). The van der Waals surface area contributed by atoms with Gasteiger partial charge in [0.25, 0.3) is 0 Å². The van der Waals surface area contributed by atoms with Crippen molar-refractivity contribution in [3.63, 3.8) is 0 Å². The van der Waals surface area contributed by atoms with E-state index in [-0.39, 0.29) is 11.7 Å². The van der Waals surface area contributed by atoms with Crippen molar-refractivity contribution in [2.24, 2.45) is 0 Å². The van der Waals surface area contributed by atoms with E-state index in [1.165, 1.54) is 18.5 Å². The molecule has 5 heteroatoms. The van der Waals surface area contributed by atoms with E-state index in [1.807, 2.05) is 6.20 Å². The van der Waals surface area contributed by atoms with E-state index in [0.717, 1.165) is 25.1 Å². The Bertz CT molecular complexity index is 547. The van der Waals surface area contributed by atoms with Crippen LogP contribution in [0.2, 0.25) is 0 Å². The average molecular weight is 268 g/mol. The van der Waals surface area contributed by atoms with Crippen molar-refractivity contribution in [1.29, 1.82) is 0 Å². The number of hydrogen-bond donors (Lipinski definition) is 0. The summed E-state index contributed by atoms with van der Waals surface area (Å²) in [4.78, 5) is 4.54. The Labute approximate surface area is 108 Å². The summed E-state index contributed by atoms with van der Waals surface area (Å²) in [5.41, 5.74) is 1.28. The third-order valence-electron chi connectivity index (χ3n) is 4.23. The average Bonchev–Trinajstić information content (AvgIpc) is 2.73. The topological polar surface area (TPSA) is 52.0 Å². The summed E-state index contributed by atoms with van der Waals surface area (Å²) in [6.07, 6.45) is 7.17. The van der Waals surface area contributed by atoms with E-state index in [0.29, 0.717) is 11.8 Å². The Morgan fingerprint density at radius 1 is 1.33 bits per heavy atom. The number of sulfone groups is 1. The van der Waals surface area contributed by atoms with Gasteiger partial charge in [0, 0.05) is 23.9 Å². The first kappa shape index (κ1) is 12.2. The van der Waals surface area contributed by atoms with Crippen molar-refractivity contribution in [2.75, 3.05) is 11.5 Å². The lowest BCUT2D eigenvalue weighted by atomic mass is 10.0. The smallest absolute Gasteiger partial charge is 0.151 e. The van der Waals surface area contributed by atoms with Gasteiger partial charge in [-0.25, -0.2) is 13.4 Å². The lowest BCUT2D eigenvalue weighted by Gasteiger charge is -2.28. The Balaban J connectivity index is 1.95. The molecular formula is C13H20N2O2S. The first-order chi connectivity index (χ1) is 8.57. The first-order valence-electron chi connectivity index (χ1n) is 6.83. The maximum Gasteiger partial charge on any atom is 0.151 e. The summed E-state index contributed by atoms with van der Waals surface area (Å²) >= 11 is 0. The van der Waals surface area contributed by atoms with Gasteiger partial charge in [-0.2, -0.15) is 0 Å². The standard InChI is InChI=1S/C13H20N2O2S/c1-10-4-2-6-12-8-14-13(15(10)12)11-5-3-7-18(16,17)9-11/h8,10-11H,2-7,9H2,1H3. The molecule has 2 unspecified atom stereocenters. The Hall–Kier alpha value is -0.840. The highest BCUT2D eigenvalue weighted by molar-refractivity contribution is 7.91. The summed E-state index contributed by atoms with van der Waals surface area (Å²) in [6.45, 7) is 2.21. The van der Waals surface area contributed by atoms with E-state index >= 15 is 0 Å². The third kappa shape index (κ3) is 2.09. The molecule has 1 fully saturated rings. The molecule has 3 heterocycles. The van der Waals surface area contributed by atoms with Crippen LogP contribution in [-0.2, 0) is 16.3 Å². The van der Waals surface area contributed by atoms with Gasteiger partial charge in [0.05, 0.1) is 11.5 Å². The quantitative estimate of drug-likeness (QED) is 0.783. The van der Waals surface area contributed by atoms with Crippen LogP contribution in [-0.4, -0.2) is 29.5 Å². The largest absolute Gasteiger partial charge is 0.329 e. The van der Waals surface area contributed by atoms with Gasteiger partial charge in [-0.05, 0) is 39.0 Å². The van der Waals surface area contributed by atoms with Crippen LogP contribution in [0, 0.1) is 0 Å². The molecule has 0 spiro atoms. The van der Waals surface area contributed by atoms with Crippen molar-refractivity contribution in [2.45, 2.75) is 51.0 Å². The third-order valence-corrected chi connectivity index (χ3v) is 6.05. The Kier molecular flexibility index (Phi) is 2.96. The molecule has 0 amide bonds. The van der Waals surface area contributed by atoms with Crippen LogP contribution in [0.3, 0.4) is 0 Å². The molecule has 2 atom stereocenters. The highest BCUT2D eigenvalue weighted by Crippen LogP contribution is 2.33. The van der Waals surface area contributed by atoms with E-state index < -0.39 is 9.84 Å². The molecule has 1 aromatic heterocycles. The minimum atomic E-state index is -2.86. The molecule has 0 bridgehead atoms. The predicted octanol–water partition coefficient (Wildman–Crippen LogP) is 2.07. The van der Waals surface area contributed by atoms with E-state index in [9.17, 15) is 8.42 Å². The maximum absolute atomic E-state index is 11.8. The Morgan fingerprint density at radius 2 is 2.17 bits per heavy atom. The fraction of sp³-hybridized carbons (Fsp3) is 0.769. The van der Waals surface area contributed by atoms with Crippen LogP contribution in [0.25, 0.3) is 0 Å². The van der Waals surface area contributed by atoms with Gasteiger partial charge in [0.2, 0.25) is 0 Å². The summed E-state index contributed by atoms with van der Waals surface area (Å²) in [5, 5.41) is 0. The number of fused-ring (bicyclic) bond motifs is 1. The monoisotopic (exact) mass is 268 g/mol. The second-order valence-corrected chi connectivity index (χ2v) is 7.90. The number of hydrogen-bond acceptors (Lipinski definition) is 3. The SMILES string of the molecule is CC1CCCc2cnc(C3CCCS(=O)(=O)C3)n21. The minimum absolute atomic E-state index is 0.109. The number of rotatable bonds is 1. The summed E-state index contributed by atoms with van der Waals surface area (Å²) in [7, 11) is -2.86. The van der Waals surface area contributed by atoms with Gasteiger partial charge in [0.1, 0.15) is 5.82 Å². The molecule has 0 radical (unpaired) electrons. The molecule has 1 saturated heterocycles. The predicted molar refractivity (Wildman–Crippen MR) is 70.5 cm³/mol. The number of imidazole rings is 1. The molecule has 100 valence electrons.